The molecule has 2 aromatic rings. The molecule has 2 unspecified atom stereocenters. The van der Waals surface area contributed by atoms with Gasteiger partial charge in [0.25, 0.3) is 0 Å². The van der Waals surface area contributed by atoms with Gasteiger partial charge in [-0.15, -0.1) is 0 Å². The quantitative estimate of drug-likeness (QED) is 0.602. The number of fused-ring (bicyclic) bond motifs is 3. The van der Waals surface area contributed by atoms with Crippen LogP contribution in [0.4, 0.5) is 5.69 Å². The molecule has 4 rings (SSSR count). The Bertz CT molecular complexity index is 834. The number of anilines is 1. The summed E-state index contributed by atoms with van der Waals surface area (Å²) >= 11 is 18.8. The van der Waals surface area contributed by atoms with Crippen LogP contribution in [0.15, 0.2) is 42.5 Å². The largest absolute Gasteiger partial charge is 0.495 e. The number of hydrogen-bond donors (Lipinski definition) is 1. The van der Waals surface area contributed by atoms with E-state index >= 15 is 0 Å². The average Bonchev–Trinajstić information content (AvgIpc) is 3.06. The van der Waals surface area contributed by atoms with Gasteiger partial charge in [0.2, 0.25) is 0 Å². The van der Waals surface area contributed by atoms with Crippen molar-refractivity contribution < 1.29 is 4.74 Å². The lowest BCUT2D eigenvalue weighted by atomic mass is 9.77. The molecule has 3 atom stereocenters. The van der Waals surface area contributed by atoms with Gasteiger partial charge in [-0.3, -0.25) is 0 Å². The molecule has 0 saturated heterocycles. The molecule has 2 nitrogen and oxygen atoms in total. The molecule has 1 heterocycles. The first kappa shape index (κ1) is 16.1. The molecule has 0 aromatic heterocycles. The Morgan fingerprint density at radius 2 is 1.83 bits per heavy atom. The molecule has 0 bridgehead atoms. The first-order valence-electron chi connectivity index (χ1n) is 7.84. The van der Waals surface area contributed by atoms with Crippen LogP contribution in [0.3, 0.4) is 0 Å². The van der Waals surface area contributed by atoms with Crippen molar-refractivity contribution in [2.45, 2.75) is 18.4 Å². The smallest absolute Gasteiger partial charge is 0.142 e. The molecule has 0 amide bonds. The standard InChI is InChI=1S/C19H16Cl3NO/c1-24-16-8-7-14(21)17-11-3-2-4-12(11)18(23-19(16)17)10-5-6-13(20)15(22)9-10/h2-3,5-9,11-12,18,23H,4H2,1H3/t11?,12?,18-/m1/s1. The summed E-state index contributed by atoms with van der Waals surface area (Å²) in [6, 6.07) is 9.76. The summed E-state index contributed by atoms with van der Waals surface area (Å²) in [5, 5.41) is 5.55. The van der Waals surface area contributed by atoms with E-state index in [1.165, 1.54) is 0 Å². The summed E-state index contributed by atoms with van der Waals surface area (Å²) in [7, 11) is 1.68. The van der Waals surface area contributed by atoms with Crippen molar-refractivity contribution in [3.63, 3.8) is 0 Å². The topological polar surface area (TPSA) is 21.3 Å². The van der Waals surface area contributed by atoms with Gasteiger partial charge in [-0.1, -0.05) is 53.0 Å². The van der Waals surface area contributed by atoms with Crippen molar-refractivity contribution >= 4 is 40.5 Å². The van der Waals surface area contributed by atoms with Crippen molar-refractivity contribution in [3.05, 3.63) is 68.7 Å². The second-order valence-corrected chi connectivity index (χ2v) is 7.41. The predicted molar refractivity (Wildman–Crippen MR) is 101 cm³/mol. The van der Waals surface area contributed by atoms with Crippen LogP contribution in [0.25, 0.3) is 0 Å². The number of hydrogen-bond acceptors (Lipinski definition) is 2. The highest BCUT2D eigenvalue weighted by atomic mass is 35.5. The van der Waals surface area contributed by atoms with Crippen molar-refractivity contribution in [1.82, 2.24) is 0 Å². The van der Waals surface area contributed by atoms with Gasteiger partial charge in [-0.2, -0.15) is 0 Å². The number of rotatable bonds is 2. The second kappa shape index (κ2) is 6.18. The van der Waals surface area contributed by atoms with Gasteiger partial charge >= 0.3 is 0 Å². The summed E-state index contributed by atoms with van der Waals surface area (Å²) in [4.78, 5) is 0. The molecule has 0 saturated carbocycles. The van der Waals surface area contributed by atoms with E-state index in [0.717, 1.165) is 34.0 Å². The zero-order chi connectivity index (χ0) is 16.8. The summed E-state index contributed by atoms with van der Waals surface area (Å²) in [6.07, 6.45) is 5.47. The van der Waals surface area contributed by atoms with E-state index in [9.17, 15) is 0 Å². The first-order chi connectivity index (χ1) is 11.6. The van der Waals surface area contributed by atoms with Crippen molar-refractivity contribution in [1.29, 1.82) is 0 Å². The van der Waals surface area contributed by atoms with Crippen molar-refractivity contribution in [2.75, 3.05) is 12.4 Å². The van der Waals surface area contributed by atoms with Gasteiger partial charge in [-0.05, 0) is 42.2 Å². The van der Waals surface area contributed by atoms with E-state index in [2.05, 4.69) is 17.5 Å². The fourth-order valence-electron chi connectivity index (χ4n) is 3.84. The molecule has 0 spiro atoms. The molecule has 1 aliphatic carbocycles. The fourth-order valence-corrected chi connectivity index (χ4v) is 4.43. The molecule has 1 aliphatic heterocycles. The third kappa shape index (κ3) is 2.48. The normalized spacial score (nSPS) is 24.2. The van der Waals surface area contributed by atoms with Gasteiger partial charge in [0, 0.05) is 16.5 Å². The van der Waals surface area contributed by atoms with Crippen LogP contribution in [-0.2, 0) is 0 Å². The number of methoxy groups -OCH3 is 1. The minimum atomic E-state index is 0.125. The second-order valence-electron chi connectivity index (χ2n) is 6.19. The first-order valence-corrected chi connectivity index (χ1v) is 8.98. The third-order valence-corrected chi connectivity index (χ3v) is 6.02. The van der Waals surface area contributed by atoms with Crippen LogP contribution in [-0.4, -0.2) is 7.11 Å². The minimum Gasteiger partial charge on any atom is -0.495 e. The van der Waals surface area contributed by atoms with Gasteiger partial charge in [0.15, 0.2) is 0 Å². The zero-order valence-electron chi connectivity index (χ0n) is 13.0. The third-order valence-electron chi connectivity index (χ3n) is 4.95. The Morgan fingerprint density at radius 3 is 2.58 bits per heavy atom. The Kier molecular flexibility index (Phi) is 4.16. The summed E-state index contributed by atoms with van der Waals surface area (Å²) < 4.78 is 5.55. The van der Waals surface area contributed by atoms with Crippen LogP contribution in [0.2, 0.25) is 15.1 Å². The van der Waals surface area contributed by atoms with Crippen molar-refractivity contribution in [3.8, 4) is 5.75 Å². The van der Waals surface area contributed by atoms with Crippen LogP contribution in [0.1, 0.15) is 29.5 Å². The lowest BCUT2D eigenvalue weighted by Crippen LogP contribution is -2.29. The van der Waals surface area contributed by atoms with Crippen molar-refractivity contribution in [2.24, 2.45) is 5.92 Å². The van der Waals surface area contributed by atoms with Gasteiger partial charge < -0.3 is 10.1 Å². The maximum absolute atomic E-state index is 6.51. The Hall–Kier alpha value is -1.35. The molecule has 0 fully saturated rings. The number of benzene rings is 2. The minimum absolute atomic E-state index is 0.125. The monoisotopic (exact) mass is 379 g/mol. The van der Waals surface area contributed by atoms with Crippen LogP contribution in [0.5, 0.6) is 5.75 Å². The Labute approximate surface area is 156 Å². The molecule has 0 radical (unpaired) electrons. The number of halogens is 3. The van der Waals surface area contributed by atoms with Gasteiger partial charge in [-0.25, -0.2) is 0 Å². The Balaban J connectivity index is 1.85. The van der Waals surface area contributed by atoms with Crippen LogP contribution in [0, 0.1) is 5.92 Å². The van der Waals surface area contributed by atoms with E-state index < -0.39 is 0 Å². The Morgan fingerprint density at radius 1 is 1.04 bits per heavy atom. The predicted octanol–water partition coefficient (Wildman–Crippen LogP) is 6.48. The molecule has 2 aliphatic rings. The van der Waals surface area contributed by atoms with E-state index in [1.807, 2.05) is 30.3 Å². The highest BCUT2D eigenvalue weighted by Gasteiger charge is 2.40. The molecule has 2 aromatic carbocycles. The summed E-state index contributed by atoms with van der Waals surface area (Å²) in [6.45, 7) is 0. The van der Waals surface area contributed by atoms with E-state index in [1.54, 1.807) is 7.11 Å². The molecule has 5 heteroatoms. The lowest BCUT2D eigenvalue weighted by molar-refractivity contribution is 0.397. The SMILES string of the molecule is COc1ccc(Cl)c2c1N[C@H](c1ccc(Cl)c(Cl)c1)C1CC=CC21. The molecule has 124 valence electrons. The van der Waals surface area contributed by atoms with Crippen LogP contribution >= 0.6 is 34.8 Å². The maximum Gasteiger partial charge on any atom is 0.142 e. The average molecular weight is 381 g/mol. The van der Waals surface area contributed by atoms with Crippen LogP contribution < -0.4 is 10.1 Å². The van der Waals surface area contributed by atoms with E-state index in [-0.39, 0.29) is 12.0 Å². The number of allylic oxidation sites excluding steroid dienone is 2. The molecule has 1 N–H and O–H groups in total. The van der Waals surface area contributed by atoms with Gasteiger partial charge in [0.05, 0.1) is 28.9 Å². The summed E-state index contributed by atoms with van der Waals surface area (Å²) in [5.74, 6) is 1.46. The lowest BCUT2D eigenvalue weighted by Gasteiger charge is -2.38. The zero-order valence-corrected chi connectivity index (χ0v) is 15.3. The molecular formula is C19H16Cl3NO. The molecule has 24 heavy (non-hydrogen) atoms. The summed E-state index contributed by atoms with van der Waals surface area (Å²) in [5.41, 5.74) is 3.20. The highest BCUT2D eigenvalue weighted by Crippen LogP contribution is 2.54. The van der Waals surface area contributed by atoms with Gasteiger partial charge in [0.1, 0.15) is 5.75 Å². The van der Waals surface area contributed by atoms with E-state index in [0.29, 0.717) is 16.0 Å². The van der Waals surface area contributed by atoms with E-state index in [4.69, 9.17) is 39.5 Å². The maximum atomic E-state index is 6.51. The number of nitrogens with one attached hydrogen (secondary N) is 1. The highest BCUT2D eigenvalue weighted by molar-refractivity contribution is 6.42. The number of ether oxygens (including phenoxy) is 1. The fraction of sp³-hybridized carbons (Fsp3) is 0.263. The molecular weight excluding hydrogens is 365 g/mol.